The van der Waals surface area contributed by atoms with Crippen LogP contribution in [0.2, 0.25) is 0 Å². The van der Waals surface area contributed by atoms with Gasteiger partial charge in [-0.1, -0.05) is 6.07 Å². The van der Waals surface area contributed by atoms with Crippen LogP contribution in [0.5, 0.6) is 11.5 Å². The van der Waals surface area contributed by atoms with Crippen LogP contribution < -0.4 is 14.8 Å². The summed E-state index contributed by atoms with van der Waals surface area (Å²) in [6.45, 7) is 1.88. The molecule has 0 saturated carbocycles. The van der Waals surface area contributed by atoms with Crippen LogP contribution in [-0.2, 0) is 7.05 Å². The summed E-state index contributed by atoms with van der Waals surface area (Å²) in [5, 5.41) is 12.5. The van der Waals surface area contributed by atoms with Gasteiger partial charge < -0.3 is 9.47 Å². The fraction of sp³-hybridized carbons (Fsp3) is 0.167. The molecule has 10 heteroatoms. The van der Waals surface area contributed by atoms with Crippen molar-refractivity contribution in [3.63, 3.8) is 0 Å². The van der Waals surface area contributed by atoms with Crippen molar-refractivity contribution in [3.8, 4) is 33.3 Å². The Hall–Kier alpha value is -3.76. The van der Waals surface area contributed by atoms with Crippen molar-refractivity contribution in [2.75, 3.05) is 19.5 Å². The number of aryl methyl sites for hydroxylation is 2. The van der Waals surface area contributed by atoms with Gasteiger partial charge in [0.1, 0.15) is 11.5 Å². The van der Waals surface area contributed by atoms with Gasteiger partial charge in [-0.3, -0.25) is 14.8 Å². The van der Waals surface area contributed by atoms with Crippen LogP contribution >= 0.6 is 22.7 Å². The molecule has 0 atom stereocenters. The largest absolute Gasteiger partial charge is 0.497 e. The lowest BCUT2D eigenvalue weighted by Crippen LogP contribution is -2.13. The first-order valence-corrected chi connectivity index (χ1v) is 12.1. The van der Waals surface area contributed by atoms with Gasteiger partial charge in [-0.15, -0.1) is 22.7 Å². The van der Waals surface area contributed by atoms with Gasteiger partial charge in [-0.25, -0.2) is 9.97 Å². The lowest BCUT2D eigenvalue weighted by atomic mass is 10.1. The van der Waals surface area contributed by atoms with E-state index in [4.69, 9.17) is 14.5 Å². The molecule has 0 fully saturated rings. The highest BCUT2D eigenvalue weighted by Gasteiger charge is 2.21. The predicted octanol–water partition coefficient (Wildman–Crippen LogP) is 5.40. The molecular weight excluding hydrogens is 470 g/mol. The van der Waals surface area contributed by atoms with E-state index in [-0.39, 0.29) is 5.91 Å². The van der Waals surface area contributed by atoms with E-state index in [1.165, 1.54) is 11.3 Å². The monoisotopic (exact) mass is 491 g/mol. The van der Waals surface area contributed by atoms with Gasteiger partial charge in [0.25, 0.3) is 5.91 Å². The molecule has 0 bridgehead atoms. The fourth-order valence-corrected chi connectivity index (χ4v) is 5.20. The molecule has 5 rings (SSSR count). The van der Waals surface area contributed by atoms with Gasteiger partial charge in [0.2, 0.25) is 0 Å². The highest BCUT2D eigenvalue weighted by Crippen LogP contribution is 2.35. The third kappa shape index (κ3) is 3.91. The Kier molecular flexibility index (Phi) is 5.76. The number of nitrogens with one attached hydrogen (secondary N) is 1. The van der Waals surface area contributed by atoms with Crippen molar-refractivity contribution < 1.29 is 14.3 Å². The maximum absolute atomic E-state index is 13.4. The van der Waals surface area contributed by atoms with Gasteiger partial charge in [-0.05, 0) is 42.6 Å². The van der Waals surface area contributed by atoms with E-state index in [0.717, 1.165) is 27.2 Å². The van der Waals surface area contributed by atoms with Crippen LogP contribution in [0.15, 0.2) is 47.2 Å². The minimum absolute atomic E-state index is 0.264. The number of benzene rings is 1. The van der Waals surface area contributed by atoms with Gasteiger partial charge in [0.15, 0.2) is 10.8 Å². The number of pyridine rings is 1. The maximum Gasteiger partial charge on any atom is 0.258 e. The topological polar surface area (TPSA) is 91.2 Å². The third-order valence-corrected chi connectivity index (χ3v) is 7.04. The number of thiophene rings is 1. The summed E-state index contributed by atoms with van der Waals surface area (Å²) in [4.78, 5) is 23.8. The van der Waals surface area contributed by atoms with Crippen molar-refractivity contribution in [2.45, 2.75) is 6.92 Å². The molecule has 0 saturated heterocycles. The van der Waals surface area contributed by atoms with E-state index >= 15 is 0 Å². The first kappa shape index (κ1) is 22.1. The number of amides is 1. The van der Waals surface area contributed by atoms with E-state index in [9.17, 15) is 4.79 Å². The van der Waals surface area contributed by atoms with Gasteiger partial charge >= 0.3 is 0 Å². The first-order chi connectivity index (χ1) is 16.5. The van der Waals surface area contributed by atoms with Gasteiger partial charge in [-0.2, -0.15) is 5.10 Å². The van der Waals surface area contributed by atoms with E-state index in [1.54, 1.807) is 30.2 Å². The van der Waals surface area contributed by atoms with Crippen LogP contribution in [0, 0.1) is 6.92 Å². The number of carbonyl (C=O) groups excluding carboxylic acids is 1. The average Bonchev–Trinajstić information content (AvgIpc) is 3.60. The highest BCUT2D eigenvalue weighted by molar-refractivity contribution is 7.14. The number of fused-ring (bicyclic) bond motifs is 1. The van der Waals surface area contributed by atoms with E-state index in [1.807, 2.05) is 61.1 Å². The minimum atomic E-state index is -0.264. The summed E-state index contributed by atoms with van der Waals surface area (Å²) in [5.74, 6) is 1.10. The molecule has 0 radical (unpaired) electrons. The Bertz CT molecular complexity index is 1500. The Balaban J connectivity index is 1.52. The van der Waals surface area contributed by atoms with E-state index < -0.39 is 0 Å². The molecular formula is C24H21N5O3S2. The zero-order valence-electron chi connectivity index (χ0n) is 18.9. The number of hydrogen-bond acceptors (Lipinski definition) is 8. The molecule has 34 heavy (non-hydrogen) atoms. The molecule has 1 amide bonds. The summed E-state index contributed by atoms with van der Waals surface area (Å²) < 4.78 is 12.5. The highest BCUT2D eigenvalue weighted by atomic mass is 32.1. The molecule has 1 N–H and O–H groups in total. The lowest BCUT2D eigenvalue weighted by molar-refractivity contribution is 0.102. The molecule has 4 heterocycles. The smallest absolute Gasteiger partial charge is 0.258 e. The molecule has 8 nitrogen and oxygen atoms in total. The normalized spacial score (nSPS) is 11.1. The standard InChI is InChI=1S/C24H21N5O3S2/c1-13-21-16(11-17(20-6-5-9-33-20)25-22(21)29(2)28-13)23(30)27-24-26-18(12-34-24)15-10-14(31-3)7-8-19(15)32-4/h5-12H,1-4H3,(H,26,27,30). The van der Waals surface area contributed by atoms with Crippen molar-refractivity contribution in [1.29, 1.82) is 0 Å². The third-order valence-electron chi connectivity index (χ3n) is 5.39. The van der Waals surface area contributed by atoms with Gasteiger partial charge in [0.05, 0.1) is 47.1 Å². The number of aromatic nitrogens is 4. The molecule has 0 unspecified atom stereocenters. The molecule has 172 valence electrons. The molecule has 4 aromatic heterocycles. The maximum atomic E-state index is 13.4. The summed E-state index contributed by atoms with van der Waals surface area (Å²) in [6.07, 6.45) is 0. The van der Waals surface area contributed by atoms with Crippen LogP contribution in [0.25, 0.3) is 32.9 Å². The minimum Gasteiger partial charge on any atom is -0.497 e. The number of ether oxygens (including phenoxy) is 2. The summed E-state index contributed by atoms with van der Waals surface area (Å²) in [5.41, 5.74) is 4.12. The van der Waals surface area contributed by atoms with Crippen LogP contribution in [-0.4, -0.2) is 39.9 Å². The average molecular weight is 492 g/mol. The second-order valence-corrected chi connectivity index (χ2v) is 9.30. The molecule has 1 aromatic carbocycles. The fourth-order valence-electron chi connectivity index (χ4n) is 3.81. The zero-order chi connectivity index (χ0) is 23.8. The Morgan fingerprint density at radius 1 is 1.06 bits per heavy atom. The predicted molar refractivity (Wildman–Crippen MR) is 135 cm³/mol. The molecule has 0 aliphatic carbocycles. The first-order valence-electron chi connectivity index (χ1n) is 10.4. The summed E-state index contributed by atoms with van der Waals surface area (Å²) >= 11 is 2.92. The number of rotatable bonds is 6. The molecule has 0 spiro atoms. The number of hydrogen-bond donors (Lipinski definition) is 1. The lowest BCUT2D eigenvalue weighted by Gasteiger charge is -2.09. The van der Waals surface area contributed by atoms with Crippen molar-refractivity contribution >= 4 is 44.7 Å². The van der Waals surface area contributed by atoms with E-state index in [0.29, 0.717) is 33.5 Å². The summed E-state index contributed by atoms with van der Waals surface area (Å²) in [7, 11) is 5.05. The second-order valence-electron chi connectivity index (χ2n) is 7.50. The number of methoxy groups -OCH3 is 2. The molecule has 5 aromatic rings. The Labute approximate surface area is 203 Å². The quantitative estimate of drug-likeness (QED) is 0.342. The van der Waals surface area contributed by atoms with Crippen LogP contribution in [0.4, 0.5) is 5.13 Å². The van der Waals surface area contributed by atoms with E-state index in [2.05, 4.69) is 15.4 Å². The Morgan fingerprint density at radius 2 is 1.91 bits per heavy atom. The zero-order valence-corrected chi connectivity index (χ0v) is 20.6. The molecule has 0 aliphatic heterocycles. The van der Waals surface area contributed by atoms with Crippen molar-refractivity contribution in [1.82, 2.24) is 19.7 Å². The SMILES string of the molecule is COc1ccc(OC)c(-c2csc(NC(=O)c3cc(-c4cccs4)nc4c3c(C)nn4C)n2)c1. The summed E-state index contributed by atoms with van der Waals surface area (Å²) in [6, 6.07) is 11.3. The number of anilines is 1. The van der Waals surface area contributed by atoms with Gasteiger partial charge in [0, 0.05) is 18.0 Å². The van der Waals surface area contributed by atoms with Crippen LogP contribution in [0.3, 0.4) is 0 Å². The number of thiazole rings is 1. The number of carbonyl (C=O) groups is 1. The van der Waals surface area contributed by atoms with Crippen molar-refractivity contribution in [3.05, 3.63) is 58.4 Å². The number of nitrogens with zero attached hydrogens (tertiary/aromatic N) is 4. The Morgan fingerprint density at radius 3 is 2.65 bits per heavy atom. The van der Waals surface area contributed by atoms with Crippen molar-refractivity contribution in [2.24, 2.45) is 7.05 Å². The van der Waals surface area contributed by atoms with Crippen LogP contribution in [0.1, 0.15) is 16.1 Å². The molecule has 0 aliphatic rings. The second kappa shape index (κ2) is 8.88.